The number of hydrogen-bond donors (Lipinski definition) is 2. The summed E-state index contributed by atoms with van der Waals surface area (Å²) in [6, 6.07) is 6.83. The Morgan fingerprint density at radius 3 is 2.76 bits per heavy atom. The third-order valence-electron chi connectivity index (χ3n) is 2.94. The molecule has 0 aromatic carbocycles. The van der Waals surface area contributed by atoms with Gasteiger partial charge in [-0.15, -0.1) is 0 Å². The topological polar surface area (TPSA) is 84.2 Å². The molecular weight excluding hydrogens is 270 g/mol. The highest BCUT2D eigenvalue weighted by molar-refractivity contribution is 6.03. The lowest BCUT2D eigenvalue weighted by Crippen LogP contribution is -2.17. The Hall–Kier alpha value is -2.63. The second-order valence-electron chi connectivity index (χ2n) is 4.65. The van der Waals surface area contributed by atoms with Crippen LogP contribution < -0.4 is 5.32 Å². The van der Waals surface area contributed by atoms with Gasteiger partial charge in [-0.2, -0.15) is 0 Å². The van der Waals surface area contributed by atoms with Crippen molar-refractivity contribution in [2.75, 3.05) is 5.32 Å². The van der Waals surface area contributed by atoms with Crippen LogP contribution in [0.5, 0.6) is 0 Å². The van der Waals surface area contributed by atoms with Crippen LogP contribution in [0.3, 0.4) is 0 Å². The predicted molar refractivity (Wildman–Crippen MR) is 78.3 cm³/mol. The second kappa shape index (κ2) is 6.69. The van der Waals surface area contributed by atoms with Gasteiger partial charge in [-0.25, -0.2) is 0 Å². The van der Waals surface area contributed by atoms with E-state index >= 15 is 0 Å². The molecule has 0 spiro atoms. The van der Waals surface area contributed by atoms with E-state index in [-0.39, 0.29) is 12.3 Å². The molecule has 6 heteroatoms. The molecule has 1 amide bonds. The molecule has 2 heterocycles. The number of amides is 1. The number of carbonyl (C=O) groups is 2. The zero-order valence-electron chi connectivity index (χ0n) is 11.7. The summed E-state index contributed by atoms with van der Waals surface area (Å²) in [6.07, 6.45) is 4.14. The van der Waals surface area contributed by atoms with E-state index in [4.69, 9.17) is 5.11 Å². The minimum Gasteiger partial charge on any atom is -0.481 e. The first kappa shape index (κ1) is 14.8. The average Bonchev–Trinajstić information content (AvgIpc) is 2.89. The highest BCUT2D eigenvalue weighted by Crippen LogP contribution is 2.10. The summed E-state index contributed by atoms with van der Waals surface area (Å²) in [7, 11) is 0. The number of carboxylic acid groups (broad SMARTS) is 1. The average molecular weight is 287 g/mol. The number of carboxylic acids is 1. The fraction of sp³-hybridized carbons (Fsp3) is 0.267. The summed E-state index contributed by atoms with van der Waals surface area (Å²) in [5, 5.41) is 11.4. The van der Waals surface area contributed by atoms with E-state index in [9.17, 15) is 9.59 Å². The molecule has 0 aliphatic heterocycles. The first-order valence-corrected chi connectivity index (χ1v) is 6.73. The zero-order chi connectivity index (χ0) is 15.2. The normalized spacial score (nSPS) is 10.3. The molecular formula is C15H17N3O3. The molecule has 0 aliphatic carbocycles. The summed E-state index contributed by atoms with van der Waals surface area (Å²) in [4.78, 5) is 26.8. The Balaban J connectivity index is 2.05. The van der Waals surface area contributed by atoms with Gasteiger partial charge >= 0.3 is 5.97 Å². The number of aryl methyl sites for hydroxylation is 1. The number of nitrogens with zero attached hydrogens (tertiary/aromatic N) is 2. The predicted octanol–water partition coefficient (Wildman–Crippen LogP) is 2.17. The number of aromatic nitrogens is 2. The summed E-state index contributed by atoms with van der Waals surface area (Å²) < 4.78 is 1.89. The molecule has 2 rings (SSSR count). The Bertz CT molecular complexity index is 632. The maximum atomic E-state index is 12.2. The van der Waals surface area contributed by atoms with Crippen LogP contribution in [0.15, 0.2) is 36.7 Å². The van der Waals surface area contributed by atoms with E-state index in [2.05, 4.69) is 10.3 Å². The van der Waals surface area contributed by atoms with Crippen LogP contribution in [0.2, 0.25) is 0 Å². The Morgan fingerprint density at radius 2 is 2.14 bits per heavy atom. The van der Waals surface area contributed by atoms with Gasteiger partial charge in [0.1, 0.15) is 5.69 Å². The Kier molecular flexibility index (Phi) is 4.71. The van der Waals surface area contributed by atoms with E-state index in [1.54, 1.807) is 18.2 Å². The highest BCUT2D eigenvalue weighted by Gasteiger charge is 2.11. The molecule has 0 saturated heterocycles. The largest absolute Gasteiger partial charge is 0.481 e. The number of anilines is 1. The first-order chi connectivity index (χ1) is 10.1. The van der Waals surface area contributed by atoms with Crippen LogP contribution in [0.4, 0.5) is 5.69 Å². The number of hydrogen-bond acceptors (Lipinski definition) is 3. The Labute approximate surface area is 122 Å². The quantitative estimate of drug-likeness (QED) is 0.852. The van der Waals surface area contributed by atoms with Crippen molar-refractivity contribution in [1.82, 2.24) is 9.55 Å². The zero-order valence-corrected chi connectivity index (χ0v) is 11.7. The van der Waals surface area contributed by atoms with Gasteiger partial charge in [-0.1, -0.05) is 6.92 Å². The van der Waals surface area contributed by atoms with E-state index < -0.39 is 5.97 Å². The number of rotatable bonds is 6. The SMILES string of the molecule is CCCn1cccc1C(=O)Nc1ccc(CC(=O)O)nc1. The van der Waals surface area contributed by atoms with Crippen LogP contribution in [-0.4, -0.2) is 26.5 Å². The van der Waals surface area contributed by atoms with Gasteiger partial charge in [0, 0.05) is 12.7 Å². The highest BCUT2D eigenvalue weighted by atomic mass is 16.4. The third kappa shape index (κ3) is 3.92. The Morgan fingerprint density at radius 1 is 1.33 bits per heavy atom. The van der Waals surface area contributed by atoms with Gasteiger partial charge in [0.2, 0.25) is 0 Å². The summed E-state index contributed by atoms with van der Waals surface area (Å²) in [5.74, 6) is -1.14. The van der Waals surface area contributed by atoms with Crippen molar-refractivity contribution in [1.29, 1.82) is 0 Å². The summed E-state index contributed by atoms with van der Waals surface area (Å²) in [5.41, 5.74) is 1.58. The smallest absolute Gasteiger partial charge is 0.309 e. The maximum Gasteiger partial charge on any atom is 0.309 e. The fourth-order valence-corrected chi connectivity index (χ4v) is 2.01. The number of aliphatic carboxylic acids is 1. The van der Waals surface area contributed by atoms with Crippen LogP contribution in [0.1, 0.15) is 29.5 Å². The van der Waals surface area contributed by atoms with E-state index in [0.29, 0.717) is 17.1 Å². The van der Waals surface area contributed by atoms with Crippen molar-refractivity contribution in [3.05, 3.63) is 48.0 Å². The molecule has 0 radical (unpaired) electrons. The lowest BCUT2D eigenvalue weighted by molar-refractivity contribution is -0.136. The third-order valence-corrected chi connectivity index (χ3v) is 2.94. The van der Waals surface area contributed by atoms with Gasteiger partial charge in [0.25, 0.3) is 5.91 Å². The van der Waals surface area contributed by atoms with Crippen molar-refractivity contribution >= 4 is 17.6 Å². The summed E-state index contributed by atoms with van der Waals surface area (Å²) in [6.45, 7) is 2.83. The first-order valence-electron chi connectivity index (χ1n) is 6.73. The molecule has 21 heavy (non-hydrogen) atoms. The van der Waals surface area contributed by atoms with Gasteiger partial charge in [0.05, 0.1) is 24.0 Å². The van der Waals surface area contributed by atoms with E-state index in [1.165, 1.54) is 6.20 Å². The molecule has 2 aromatic heterocycles. The van der Waals surface area contributed by atoms with Crippen LogP contribution >= 0.6 is 0 Å². The lowest BCUT2D eigenvalue weighted by Gasteiger charge is -2.09. The number of pyridine rings is 1. The molecule has 0 bridgehead atoms. The van der Waals surface area contributed by atoms with Crippen molar-refractivity contribution < 1.29 is 14.7 Å². The molecule has 0 fully saturated rings. The standard InChI is InChI=1S/C15H17N3O3/c1-2-7-18-8-3-4-13(18)15(21)17-12-6-5-11(16-10-12)9-14(19)20/h3-6,8,10H,2,7,9H2,1H3,(H,17,21)(H,19,20). The molecule has 2 N–H and O–H groups in total. The molecule has 110 valence electrons. The molecule has 0 atom stereocenters. The molecule has 0 saturated carbocycles. The van der Waals surface area contributed by atoms with Crippen LogP contribution in [-0.2, 0) is 17.8 Å². The van der Waals surface area contributed by atoms with Crippen molar-refractivity contribution in [2.45, 2.75) is 26.3 Å². The maximum absolute atomic E-state index is 12.2. The van der Waals surface area contributed by atoms with Crippen LogP contribution in [0.25, 0.3) is 0 Å². The van der Waals surface area contributed by atoms with Crippen molar-refractivity contribution in [3.8, 4) is 0 Å². The summed E-state index contributed by atoms with van der Waals surface area (Å²) >= 11 is 0. The number of carbonyl (C=O) groups excluding carboxylic acids is 1. The monoisotopic (exact) mass is 287 g/mol. The molecule has 0 aliphatic rings. The molecule has 2 aromatic rings. The van der Waals surface area contributed by atoms with Gasteiger partial charge in [-0.3, -0.25) is 14.6 Å². The molecule has 6 nitrogen and oxygen atoms in total. The minimum atomic E-state index is -0.934. The minimum absolute atomic E-state index is 0.131. The molecule has 0 unspecified atom stereocenters. The lowest BCUT2D eigenvalue weighted by atomic mass is 10.2. The van der Waals surface area contributed by atoms with Crippen molar-refractivity contribution in [3.63, 3.8) is 0 Å². The number of nitrogens with one attached hydrogen (secondary N) is 1. The van der Waals surface area contributed by atoms with Crippen LogP contribution in [0, 0.1) is 0 Å². The fourth-order valence-electron chi connectivity index (χ4n) is 2.01. The van der Waals surface area contributed by atoms with Gasteiger partial charge in [0.15, 0.2) is 0 Å². The van der Waals surface area contributed by atoms with E-state index in [0.717, 1.165) is 13.0 Å². The van der Waals surface area contributed by atoms with Gasteiger partial charge < -0.3 is 15.0 Å². The van der Waals surface area contributed by atoms with Crippen molar-refractivity contribution in [2.24, 2.45) is 0 Å². The van der Waals surface area contributed by atoms with Gasteiger partial charge in [-0.05, 0) is 30.7 Å². The van der Waals surface area contributed by atoms with E-state index in [1.807, 2.05) is 23.8 Å². The second-order valence-corrected chi connectivity index (χ2v) is 4.65.